The summed E-state index contributed by atoms with van der Waals surface area (Å²) in [7, 11) is 0. The first kappa shape index (κ1) is 15.7. The van der Waals surface area contributed by atoms with Crippen molar-refractivity contribution < 1.29 is 8.81 Å². The number of halogens is 2. The zero-order valence-electron chi connectivity index (χ0n) is 12.6. The Morgan fingerprint density at radius 3 is 2.52 bits per heavy atom. The number of hydrogen-bond acceptors (Lipinski definition) is 3. The third kappa shape index (κ3) is 3.97. The molecular formula is C18H16ClFN2O. The molecular weight excluding hydrogens is 315 g/mol. The Bertz CT molecular complexity index is 768. The molecule has 3 rings (SSSR count). The van der Waals surface area contributed by atoms with Crippen molar-refractivity contribution in [3.05, 3.63) is 77.0 Å². The predicted octanol–water partition coefficient (Wildman–Crippen LogP) is 4.98. The number of rotatable bonds is 5. The molecule has 0 spiro atoms. The molecule has 118 valence electrons. The Morgan fingerprint density at radius 1 is 1.13 bits per heavy atom. The van der Waals surface area contributed by atoms with Gasteiger partial charge in [-0.1, -0.05) is 23.7 Å². The van der Waals surface area contributed by atoms with Crippen molar-refractivity contribution in [3.63, 3.8) is 0 Å². The van der Waals surface area contributed by atoms with Crippen molar-refractivity contribution in [2.24, 2.45) is 0 Å². The summed E-state index contributed by atoms with van der Waals surface area (Å²) in [5.74, 6) is 0.943. The summed E-state index contributed by atoms with van der Waals surface area (Å²) in [6, 6.07) is 14.0. The average Bonchev–Trinajstić information content (AvgIpc) is 3.03. The summed E-state index contributed by atoms with van der Waals surface area (Å²) in [5.41, 5.74) is 1.94. The van der Waals surface area contributed by atoms with Gasteiger partial charge in [-0.3, -0.25) is 0 Å². The molecule has 1 aromatic heterocycles. The molecule has 0 saturated heterocycles. The molecule has 0 aliphatic rings. The van der Waals surface area contributed by atoms with E-state index in [-0.39, 0.29) is 11.9 Å². The van der Waals surface area contributed by atoms with Crippen LogP contribution >= 0.6 is 11.6 Å². The second-order valence-corrected chi connectivity index (χ2v) is 5.72. The fraction of sp³-hybridized carbons (Fsp3) is 0.167. The second kappa shape index (κ2) is 6.94. The molecule has 3 nitrogen and oxygen atoms in total. The highest BCUT2D eigenvalue weighted by molar-refractivity contribution is 6.30. The summed E-state index contributed by atoms with van der Waals surface area (Å²) in [5, 5.41) is 4.07. The van der Waals surface area contributed by atoms with Crippen LogP contribution in [0.4, 0.5) is 4.39 Å². The largest absolute Gasteiger partial charge is 0.439 e. The van der Waals surface area contributed by atoms with Crippen LogP contribution in [0.1, 0.15) is 24.4 Å². The zero-order chi connectivity index (χ0) is 16.2. The lowest BCUT2D eigenvalue weighted by Crippen LogP contribution is -2.18. The number of benzene rings is 2. The van der Waals surface area contributed by atoms with Crippen LogP contribution in [0.3, 0.4) is 0 Å². The van der Waals surface area contributed by atoms with Crippen LogP contribution in [0, 0.1) is 5.82 Å². The minimum atomic E-state index is -0.271. The van der Waals surface area contributed by atoms with Gasteiger partial charge in [0.25, 0.3) is 0 Å². The van der Waals surface area contributed by atoms with Gasteiger partial charge in [0.2, 0.25) is 5.89 Å². The van der Waals surface area contributed by atoms with Gasteiger partial charge in [0.05, 0.1) is 12.7 Å². The molecule has 0 amide bonds. The van der Waals surface area contributed by atoms with Gasteiger partial charge in [-0.2, -0.15) is 0 Å². The van der Waals surface area contributed by atoms with E-state index in [1.54, 1.807) is 18.3 Å². The third-order valence-corrected chi connectivity index (χ3v) is 3.86. The van der Waals surface area contributed by atoms with Crippen molar-refractivity contribution in [1.29, 1.82) is 0 Å². The Hall–Kier alpha value is -2.17. The van der Waals surface area contributed by atoms with Gasteiger partial charge >= 0.3 is 0 Å². The van der Waals surface area contributed by atoms with E-state index in [9.17, 15) is 4.39 Å². The molecule has 1 heterocycles. The summed E-state index contributed by atoms with van der Waals surface area (Å²) in [6.07, 6.45) is 1.65. The smallest absolute Gasteiger partial charge is 0.208 e. The van der Waals surface area contributed by atoms with Gasteiger partial charge in [-0.25, -0.2) is 9.37 Å². The van der Waals surface area contributed by atoms with Crippen LogP contribution in [0.2, 0.25) is 5.02 Å². The molecule has 2 aromatic carbocycles. The van der Waals surface area contributed by atoms with E-state index in [0.717, 1.165) is 16.1 Å². The molecule has 3 aromatic rings. The summed E-state index contributed by atoms with van der Waals surface area (Å²) in [4.78, 5) is 4.25. The van der Waals surface area contributed by atoms with Gasteiger partial charge < -0.3 is 9.73 Å². The Morgan fingerprint density at radius 2 is 1.83 bits per heavy atom. The van der Waals surface area contributed by atoms with E-state index in [1.807, 2.05) is 24.3 Å². The van der Waals surface area contributed by atoms with Gasteiger partial charge in [0.15, 0.2) is 5.76 Å². The fourth-order valence-electron chi connectivity index (χ4n) is 2.25. The topological polar surface area (TPSA) is 38.1 Å². The molecule has 0 bridgehead atoms. The SMILES string of the molecule is C[C@H](NCc1ncc(-c2ccc(F)cc2)o1)c1ccc(Cl)cc1. The summed E-state index contributed by atoms with van der Waals surface area (Å²) in [6.45, 7) is 2.57. The van der Waals surface area contributed by atoms with Crippen molar-refractivity contribution in [2.75, 3.05) is 0 Å². The monoisotopic (exact) mass is 330 g/mol. The lowest BCUT2D eigenvalue weighted by Gasteiger charge is -2.12. The first-order valence-corrected chi connectivity index (χ1v) is 7.69. The molecule has 0 radical (unpaired) electrons. The van der Waals surface area contributed by atoms with Crippen molar-refractivity contribution in [1.82, 2.24) is 10.3 Å². The molecule has 0 unspecified atom stereocenters. The lowest BCUT2D eigenvalue weighted by atomic mass is 10.1. The predicted molar refractivity (Wildman–Crippen MR) is 88.6 cm³/mol. The quantitative estimate of drug-likeness (QED) is 0.716. The summed E-state index contributed by atoms with van der Waals surface area (Å²) < 4.78 is 18.6. The highest BCUT2D eigenvalue weighted by atomic mass is 35.5. The fourth-order valence-corrected chi connectivity index (χ4v) is 2.38. The Kier molecular flexibility index (Phi) is 4.74. The molecule has 1 N–H and O–H groups in total. The minimum Gasteiger partial charge on any atom is -0.439 e. The molecule has 0 aliphatic heterocycles. The van der Waals surface area contributed by atoms with Crippen LogP contribution in [-0.4, -0.2) is 4.98 Å². The normalized spacial score (nSPS) is 12.3. The molecule has 0 saturated carbocycles. The van der Waals surface area contributed by atoms with E-state index >= 15 is 0 Å². The molecule has 0 aliphatic carbocycles. The van der Waals surface area contributed by atoms with Crippen LogP contribution in [0.15, 0.2) is 59.1 Å². The van der Waals surface area contributed by atoms with Crippen LogP contribution in [0.25, 0.3) is 11.3 Å². The molecule has 1 atom stereocenters. The van der Waals surface area contributed by atoms with E-state index in [0.29, 0.717) is 18.2 Å². The van der Waals surface area contributed by atoms with Gasteiger partial charge in [0, 0.05) is 16.6 Å². The number of nitrogens with one attached hydrogen (secondary N) is 1. The van der Waals surface area contributed by atoms with E-state index < -0.39 is 0 Å². The standard InChI is InChI=1S/C18H16ClFN2O/c1-12(13-2-6-15(19)7-3-13)21-11-18-22-10-17(23-18)14-4-8-16(20)9-5-14/h2-10,12,21H,11H2,1H3/t12-/m0/s1. The maximum absolute atomic E-state index is 12.9. The third-order valence-electron chi connectivity index (χ3n) is 3.61. The van der Waals surface area contributed by atoms with Crippen molar-refractivity contribution >= 4 is 11.6 Å². The maximum atomic E-state index is 12.9. The Labute approximate surface area is 139 Å². The molecule has 23 heavy (non-hydrogen) atoms. The number of nitrogens with zero attached hydrogens (tertiary/aromatic N) is 1. The highest BCUT2D eigenvalue weighted by Crippen LogP contribution is 2.21. The van der Waals surface area contributed by atoms with Gasteiger partial charge in [-0.05, 0) is 48.9 Å². The van der Waals surface area contributed by atoms with Crippen LogP contribution < -0.4 is 5.32 Å². The van der Waals surface area contributed by atoms with Crippen LogP contribution in [0.5, 0.6) is 0 Å². The van der Waals surface area contributed by atoms with Gasteiger partial charge in [0.1, 0.15) is 5.82 Å². The maximum Gasteiger partial charge on any atom is 0.208 e. The highest BCUT2D eigenvalue weighted by Gasteiger charge is 2.09. The second-order valence-electron chi connectivity index (χ2n) is 5.28. The minimum absolute atomic E-state index is 0.147. The molecule has 5 heteroatoms. The number of hydrogen-bond donors (Lipinski definition) is 1. The van der Waals surface area contributed by atoms with E-state index in [1.165, 1.54) is 12.1 Å². The Balaban J connectivity index is 1.63. The lowest BCUT2D eigenvalue weighted by molar-refractivity contribution is 0.454. The summed E-state index contributed by atoms with van der Waals surface area (Å²) >= 11 is 5.89. The van der Waals surface area contributed by atoms with E-state index in [2.05, 4.69) is 17.2 Å². The van der Waals surface area contributed by atoms with Gasteiger partial charge in [-0.15, -0.1) is 0 Å². The first-order valence-electron chi connectivity index (χ1n) is 7.31. The zero-order valence-corrected chi connectivity index (χ0v) is 13.3. The van der Waals surface area contributed by atoms with E-state index in [4.69, 9.17) is 16.0 Å². The number of aromatic nitrogens is 1. The van der Waals surface area contributed by atoms with Crippen molar-refractivity contribution in [3.8, 4) is 11.3 Å². The molecule has 0 fully saturated rings. The average molecular weight is 331 g/mol. The van der Waals surface area contributed by atoms with Crippen LogP contribution in [-0.2, 0) is 6.54 Å². The van der Waals surface area contributed by atoms with Crippen molar-refractivity contribution in [2.45, 2.75) is 19.5 Å². The first-order chi connectivity index (χ1) is 11.1. The number of oxazole rings is 1.